The van der Waals surface area contributed by atoms with E-state index in [9.17, 15) is 0 Å². The third-order valence-corrected chi connectivity index (χ3v) is 3.58. The molecule has 1 aromatic rings. The van der Waals surface area contributed by atoms with E-state index in [0.29, 0.717) is 6.04 Å². The quantitative estimate of drug-likeness (QED) is 0.688. The van der Waals surface area contributed by atoms with E-state index in [1.807, 2.05) is 6.08 Å². The molecule has 0 bridgehead atoms. The maximum atomic E-state index is 8.89. The van der Waals surface area contributed by atoms with Gasteiger partial charge in [-0.2, -0.15) is 0 Å². The van der Waals surface area contributed by atoms with Gasteiger partial charge in [0.2, 0.25) is 0 Å². The minimum Gasteiger partial charge on any atom is -0.396 e. The molecule has 1 unspecified atom stereocenters. The summed E-state index contributed by atoms with van der Waals surface area (Å²) in [4.78, 5) is 0. The number of nitrogens with one attached hydrogen (secondary N) is 1. The molecule has 0 saturated heterocycles. The molecule has 0 radical (unpaired) electrons. The summed E-state index contributed by atoms with van der Waals surface area (Å²) in [6, 6.07) is 9.01. The third-order valence-electron chi connectivity index (χ3n) is 3.58. The van der Waals surface area contributed by atoms with E-state index in [0.717, 1.165) is 18.8 Å². The van der Waals surface area contributed by atoms with Crippen molar-refractivity contribution < 1.29 is 5.11 Å². The Morgan fingerprint density at radius 2 is 2.06 bits per heavy atom. The van der Waals surface area contributed by atoms with Gasteiger partial charge in [-0.1, -0.05) is 18.2 Å². The molecule has 18 heavy (non-hydrogen) atoms. The Morgan fingerprint density at radius 1 is 1.33 bits per heavy atom. The first-order chi connectivity index (χ1) is 8.83. The molecule has 1 aromatic carbocycles. The van der Waals surface area contributed by atoms with E-state index in [1.165, 1.54) is 30.5 Å². The van der Waals surface area contributed by atoms with E-state index >= 15 is 0 Å². The molecule has 98 valence electrons. The van der Waals surface area contributed by atoms with Gasteiger partial charge in [0.15, 0.2) is 0 Å². The zero-order chi connectivity index (χ0) is 12.8. The van der Waals surface area contributed by atoms with Crippen LogP contribution in [0.25, 0.3) is 0 Å². The zero-order valence-electron chi connectivity index (χ0n) is 10.9. The summed E-state index contributed by atoms with van der Waals surface area (Å²) < 4.78 is 0. The van der Waals surface area contributed by atoms with Gasteiger partial charge in [0.1, 0.15) is 0 Å². The highest BCUT2D eigenvalue weighted by molar-refractivity contribution is 5.45. The fraction of sp³-hybridized carbons (Fsp3) is 0.500. The molecule has 2 nitrogen and oxygen atoms in total. The predicted octanol–water partition coefficient (Wildman–Crippen LogP) is 3.38. The molecule has 0 amide bonds. The summed E-state index contributed by atoms with van der Waals surface area (Å²) in [6.07, 6.45) is 7.71. The second-order valence-electron chi connectivity index (χ2n) is 5.12. The average Bonchev–Trinajstić information content (AvgIpc) is 3.21. The first-order valence-electron chi connectivity index (χ1n) is 6.90. The maximum Gasteiger partial charge on any atom is 0.0471 e. The van der Waals surface area contributed by atoms with Crippen LogP contribution in [0.1, 0.15) is 31.2 Å². The number of anilines is 1. The SMILES string of the molecule is C=CCCC(Nc1ccc(CCO)cc1)C1CC1. The number of aliphatic hydroxyl groups excluding tert-OH is 1. The van der Waals surface area contributed by atoms with Crippen molar-refractivity contribution in [1.82, 2.24) is 0 Å². The van der Waals surface area contributed by atoms with Crippen molar-refractivity contribution in [2.75, 3.05) is 11.9 Å². The van der Waals surface area contributed by atoms with Crippen molar-refractivity contribution in [2.45, 2.75) is 38.1 Å². The molecule has 0 heterocycles. The van der Waals surface area contributed by atoms with Gasteiger partial charge in [-0.25, -0.2) is 0 Å². The lowest BCUT2D eigenvalue weighted by molar-refractivity contribution is 0.299. The molecular weight excluding hydrogens is 222 g/mol. The van der Waals surface area contributed by atoms with Crippen molar-refractivity contribution >= 4 is 5.69 Å². The van der Waals surface area contributed by atoms with E-state index in [4.69, 9.17) is 5.11 Å². The number of allylic oxidation sites excluding steroid dienone is 1. The van der Waals surface area contributed by atoms with Gasteiger partial charge in [-0.15, -0.1) is 6.58 Å². The Labute approximate surface area is 110 Å². The minimum absolute atomic E-state index is 0.219. The Balaban J connectivity index is 1.91. The van der Waals surface area contributed by atoms with Gasteiger partial charge < -0.3 is 10.4 Å². The van der Waals surface area contributed by atoms with Gasteiger partial charge in [0, 0.05) is 18.3 Å². The molecule has 0 aromatic heterocycles. The van der Waals surface area contributed by atoms with Crippen LogP contribution in [0, 0.1) is 5.92 Å². The summed E-state index contributed by atoms with van der Waals surface area (Å²) in [7, 11) is 0. The van der Waals surface area contributed by atoms with Gasteiger partial charge in [0.05, 0.1) is 0 Å². The standard InChI is InChI=1S/C16H23NO/c1-2-3-4-16(14-7-8-14)17-15-9-5-13(6-10-15)11-12-18/h2,5-6,9-10,14,16-18H,1,3-4,7-8,11-12H2. The van der Waals surface area contributed by atoms with Crippen molar-refractivity contribution in [3.8, 4) is 0 Å². The minimum atomic E-state index is 0.219. The summed E-state index contributed by atoms with van der Waals surface area (Å²) in [5.74, 6) is 0.849. The highest BCUT2D eigenvalue weighted by Gasteiger charge is 2.30. The van der Waals surface area contributed by atoms with Crippen LogP contribution < -0.4 is 5.32 Å². The van der Waals surface area contributed by atoms with Crippen LogP contribution in [0.2, 0.25) is 0 Å². The van der Waals surface area contributed by atoms with Crippen LogP contribution in [-0.4, -0.2) is 17.8 Å². The van der Waals surface area contributed by atoms with Gasteiger partial charge in [-0.05, 0) is 55.7 Å². The molecule has 0 spiro atoms. The van der Waals surface area contributed by atoms with Crippen molar-refractivity contribution in [3.05, 3.63) is 42.5 Å². The fourth-order valence-electron chi connectivity index (χ4n) is 2.33. The first kappa shape index (κ1) is 13.2. The lowest BCUT2D eigenvalue weighted by Gasteiger charge is -2.19. The van der Waals surface area contributed by atoms with Crippen LogP contribution >= 0.6 is 0 Å². The number of hydrogen-bond acceptors (Lipinski definition) is 2. The summed E-state index contributed by atoms with van der Waals surface area (Å²) >= 11 is 0. The van der Waals surface area contributed by atoms with Crippen molar-refractivity contribution in [3.63, 3.8) is 0 Å². The molecule has 1 aliphatic carbocycles. The molecule has 1 aliphatic rings. The van der Waals surface area contributed by atoms with Crippen molar-refractivity contribution in [2.24, 2.45) is 5.92 Å². The van der Waals surface area contributed by atoms with E-state index < -0.39 is 0 Å². The average molecular weight is 245 g/mol. The summed E-state index contributed by atoms with van der Waals surface area (Å²) in [6.45, 7) is 4.02. The zero-order valence-corrected chi connectivity index (χ0v) is 10.9. The Kier molecular flexibility index (Phi) is 4.82. The molecule has 1 fully saturated rings. The molecule has 2 heteroatoms. The Hall–Kier alpha value is -1.28. The topological polar surface area (TPSA) is 32.3 Å². The fourth-order valence-corrected chi connectivity index (χ4v) is 2.33. The largest absolute Gasteiger partial charge is 0.396 e. The smallest absolute Gasteiger partial charge is 0.0471 e. The predicted molar refractivity (Wildman–Crippen MR) is 76.8 cm³/mol. The number of benzene rings is 1. The van der Waals surface area contributed by atoms with Gasteiger partial charge >= 0.3 is 0 Å². The monoisotopic (exact) mass is 245 g/mol. The molecule has 0 aliphatic heterocycles. The number of hydrogen-bond donors (Lipinski definition) is 2. The molecule has 2 N–H and O–H groups in total. The second kappa shape index (κ2) is 6.60. The highest BCUT2D eigenvalue weighted by Crippen LogP contribution is 2.36. The van der Waals surface area contributed by atoms with Crippen LogP contribution in [0.4, 0.5) is 5.69 Å². The van der Waals surface area contributed by atoms with E-state index in [-0.39, 0.29) is 6.61 Å². The van der Waals surface area contributed by atoms with Crippen LogP contribution in [0.5, 0.6) is 0 Å². The molecule has 1 saturated carbocycles. The highest BCUT2D eigenvalue weighted by atomic mass is 16.2. The second-order valence-corrected chi connectivity index (χ2v) is 5.12. The number of aliphatic hydroxyl groups is 1. The summed E-state index contributed by atoms with van der Waals surface area (Å²) in [5, 5.41) is 12.5. The first-order valence-corrected chi connectivity index (χ1v) is 6.90. The van der Waals surface area contributed by atoms with E-state index in [2.05, 4.69) is 36.2 Å². The third kappa shape index (κ3) is 3.88. The Morgan fingerprint density at radius 3 is 2.61 bits per heavy atom. The molecule has 2 rings (SSSR count). The van der Waals surface area contributed by atoms with Crippen molar-refractivity contribution in [1.29, 1.82) is 0 Å². The van der Waals surface area contributed by atoms with Gasteiger partial charge in [-0.3, -0.25) is 0 Å². The molecular formula is C16H23NO. The van der Waals surface area contributed by atoms with Crippen LogP contribution in [-0.2, 0) is 6.42 Å². The van der Waals surface area contributed by atoms with E-state index in [1.54, 1.807) is 0 Å². The van der Waals surface area contributed by atoms with Crippen LogP contribution in [0.3, 0.4) is 0 Å². The molecule has 1 atom stereocenters. The maximum absolute atomic E-state index is 8.89. The Bertz CT molecular complexity index is 367. The number of rotatable bonds is 8. The summed E-state index contributed by atoms with van der Waals surface area (Å²) in [5.41, 5.74) is 2.38. The van der Waals surface area contributed by atoms with Crippen LogP contribution in [0.15, 0.2) is 36.9 Å². The normalized spacial score (nSPS) is 16.3. The lowest BCUT2D eigenvalue weighted by Crippen LogP contribution is -2.21. The lowest BCUT2D eigenvalue weighted by atomic mass is 10.1. The van der Waals surface area contributed by atoms with Gasteiger partial charge in [0.25, 0.3) is 0 Å².